The molecular formula is C34H41N3O4S. The molecule has 1 N–H and O–H groups in total. The van der Waals surface area contributed by atoms with E-state index in [1.165, 1.54) is 0 Å². The lowest BCUT2D eigenvalue weighted by molar-refractivity contribution is -0.139. The Bertz CT molecular complexity index is 1400. The molecule has 2 aromatic carbocycles. The summed E-state index contributed by atoms with van der Waals surface area (Å²) in [6.07, 6.45) is 5.18. The van der Waals surface area contributed by atoms with Gasteiger partial charge in [-0.15, -0.1) is 24.9 Å². The van der Waals surface area contributed by atoms with Crippen LogP contribution in [-0.4, -0.2) is 69.5 Å². The van der Waals surface area contributed by atoms with Gasteiger partial charge in [-0.3, -0.25) is 14.4 Å². The Labute approximate surface area is 253 Å². The Balaban J connectivity index is 1.60. The van der Waals surface area contributed by atoms with E-state index in [2.05, 4.69) is 20.1 Å². The summed E-state index contributed by atoms with van der Waals surface area (Å²) in [7, 11) is 0. The normalized spacial score (nSPS) is 27.6. The molecule has 3 fully saturated rings. The molecule has 0 aliphatic carbocycles. The fourth-order valence-electron chi connectivity index (χ4n) is 7.38. The number of nitrogens with zero attached hydrogens (tertiary/aromatic N) is 3. The Hall–Kier alpha value is -3.36. The van der Waals surface area contributed by atoms with Crippen molar-refractivity contribution in [3.63, 3.8) is 0 Å². The van der Waals surface area contributed by atoms with E-state index in [9.17, 15) is 19.5 Å². The molecule has 0 saturated carbocycles. The van der Waals surface area contributed by atoms with Crippen molar-refractivity contribution in [3.8, 4) is 0 Å². The average molecular weight is 588 g/mol. The van der Waals surface area contributed by atoms with Crippen LogP contribution in [0.2, 0.25) is 0 Å². The number of carbonyl (C=O) groups is 3. The van der Waals surface area contributed by atoms with Crippen molar-refractivity contribution in [2.45, 2.75) is 55.6 Å². The van der Waals surface area contributed by atoms with Crippen LogP contribution in [0.25, 0.3) is 0 Å². The Morgan fingerprint density at radius 1 is 1.05 bits per heavy atom. The summed E-state index contributed by atoms with van der Waals surface area (Å²) in [6, 6.07) is 14.8. The highest BCUT2D eigenvalue weighted by atomic mass is 32.2. The number of fused-ring (bicyclic) bond motifs is 1. The first-order valence-corrected chi connectivity index (χ1v) is 15.5. The minimum atomic E-state index is -0.754. The van der Waals surface area contributed by atoms with Crippen LogP contribution in [-0.2, 0) is 14.4 Å². The number of benzene rings is 2. The molecule has 7 nitrogen and oxygen atoms in total. The van der Waals surface area contributed by atoms with Gasteiger partial charge in [-0.1, -0.05) is 42.5 Å². The summed E-state index contributed by atoms with van der Waals surface area (Å²) in [4.78, 5) is 48.9. The number of aliphatic hydroxyl groups excluding tert-OH is 1. The van der Waals surface area contributed by atoms with Crippen LogP contribution >= 0.6 is 11.8 Å². The number of rotatable bonds is 11. The summed E-state index contributed by atoms with van der Waals surface area (Å²) in [5, 5.41) is 9.73. The van der Waals surface area contributed by atoms with Gasteiger partial charge in [0, 0.05) is 42.4 Å². The predicted molar refractivity (Wildman–Crippen MR) is 170 cm³/mol. The average Bonchev–Trinajstić information content (AvgIpc) is 3.55. The van der Waals surface area contributed by atoms with Crippen molar-refractivity contribution in [3.05, 3.63) is 85.0 Å². The van der Waals surface area contributed by atoms with Crippen LogP contribution in [0, 0.1) is 25.7 Å². The number of aryl methyl sites for hydroxylation is 2. The second kappa shape index (κ2) is 11.7. The predicted octanol–water partition coefficient (Wildman–Crippen LogP) is 4.91. The zero-order valence-electron chi connectivity index (χ0n) is 24.8. The maximum atomic E-state index is 14.8. The Morgan fingerprint density at radius 3 is 2.40 bits per heavy atom. The first kappa shape index (κ1) is 30.1. The Morgan fingerprint density at radius 2 is 1.74 bits per heavy atom. The number of amides is 3. The highest BCUT2D eigenvalue weighted by molar-refractivity contribution is 8.02. The van der Waals surface area contributed by atoms with Crippen molar-refractivity contribution in [1.82, 2.24) is 4.90 Å². The molecule has 222 valence electrons. The number of anilines is 2. The zero-order chi connectivity index (χ0) is 30.2. The molecule has 0 aromatic heterocycles. The van der Waals surface area contributed by atoms with Crippen molar-refractivity contribution in [1.29, 1.82) is 0 Å². The van der Waals surface area contributed by atoms with Crippen molar-refractivity contribution in [2.75, 3.05) is 36.0 Å². The fraction of sp³-hybridized carbons (Fsp3) is 0.441. The number of likely N-dealkylation sites (tertiary alicyclic amines) is 1. The topological polar surface area (TPSA) is 81.2 Å². The maximum Gasteiger partial charge on any atom is 0.251 e. The minimum Gasteiger partial charge on any atom is -0.396 e. The highest BCUT2D eigenvalue weighted by Crippen LogP contribution is 2.71. The maximum absolute atomic E-state index is 14.8. The van der Waals surface area contributed by atoms with Gasteiger partial charge in [-0.25, -0.2) is 0 Å². The molecular weight excluding hydrogens is 546 g/mol. The van der Waals surface area contributed by atoms with E-state index in [1.54, 1.807) is 38.6 Å². The third-order valence-corrected chi connectivity index (χ3v) is 11.2. The fourth-order valence-corrected chi connectivity index (χ4v) is 9.73. The lowest BCUT2D eigenvalue weighted by atomic mass is 9.66. The third kappa shape index (κ3) is 4.78. The van der Waals surface area contributed by atoms with E-state index in [4.69, 9.17) is 0 Å². The number of hydrogen-bond donors (Lipinski definition) is 1. The Kier molecular flexibility index (Phi) is 8.41. The van der Waals surface area contributed by atoms with Gasteiger partial charge in [0.2, 0.25) is 11.8 Å². The molecule has 3 aliphatic rings. The zero-order valence-corrected chi connectivity index (χ0v) is 25.6. The van der Waals surface area contributed by atoms with E-state index in [-0.39, 0.29) is 30.9 Å². The van der Waals surface area contributed by atoms with Crippen LogP contribution in [0.15, 0.2) is 73.8 Å². The largest absolute Gasteiger partial charge is 0.396 e. The molecule has 0 radical (unpaired) electrons. The summed E-state index contributed by atoms with van der Waals surface area (Å²) in [5.74, 6) is -1.66. The van der Waals surface area contributed by atoms with E-state index in [0.29, 0.717) is 25.9 Å². The second-order valence-corrected chi connectivity index (χ2v) is 13.8. The minimum absolute atomic E-state index is 0.0932. The number of thioether (sulfide) groups is 1. The first-order valence-electron chi connectivity index (χ1n) is 14.7. The van der Waals surface area contributed by atoms with Gasteiger partial charge in [0.1, 0.15) is 6.04 Å². The van der Waals surface area contributed by atoms with E-state index < -0.39 is 27.4 Å². The molecule has 3 heterocycles. The lowest BCUT2D eigenvalue weighted by Crippen LogP contribution is -2.55. The van der Waals surface area contributed by atoms with Crippen molar-refractivity contribution in [2.24, 2.45) is 11.8 Å². The molecule has 1 spiro atoms. The van der Waals surface area contributed by atoms with Gasteiger partial charge in [-0.2, -0.15) is 0 Å². The second-order valence-electron chi connectivity index (χ2n) is 11.9. The van der Waals surface area contributed by atoms with E-state index >= 15 is 0 Å². The SMILES string of the molecule is C=CCN(C(=O)[C@@H]1[C@H]2C(=O)N(CCCO)C(C(=O)N(CC=C)c3cc(C)ccc3C)C23CC[C@@]1(C)S3)c1ccccc1. The molecule has 5 atom stereocenters. The van der Waals surface area contributed by atoms with Crippen molar-refractivity contribution < 1.29 is 19.5 Å². The number of hydrogen-bond acceptors (Lipinski definition) is 5. The number of para-hydroxylation sites is 1. The quantitative estimate of drug-likeness (QED) is 0.378. The summed E-state index contributed by atoms with van der Waals surface area (Å²) in [6.45, 7) is 14.7. The van der Waals surface area contributed by atoms with Crippen LogP contribution in [0.1, 0.15) is 37.3 Å². The third-order valence-electron chi connectivity index (χ3n) is 9.21. The first-order chi connectivity index (χ1) is 20.1. The molecule has 3 saturated heterocycles. The van der Waals surface area contributed by atoms with Gasteiger partial charge < -0.3 is 19.8 Å². The van der Waals surface area contributed by atoms with Crippen LogP contribution in [0.3, 0.4) is 0 Å². The molecule has 2 aromatic rings. The summed E-state index contributed by atoms with van der Waals surface area (Å²) in [5.41, 5.74) is 3.55. The van der Waals surface area contributed by atoms with E-state index in [0.717, 1.165) is 28.9 Å². The van der Waals surface area contributed by atoms with E-state index in [1.807, 2.05) is 62.4 Å². The monoisotopic (exact) mass is 587 g/mol. The van der Waals surface area contributed by atoms with Gasteiger partial charge >= 0.3 is 0 Å². The highest BCUT2D eigenvalue weighted by Gasteiger charge is 2.77. The molecule has 5 rings (SSSR count). The van der Waals surface area contributed by atoms with Gasteiger partial charge in [0.25, 0.3) is 5.91 Å². The van der Waals surface area contributed by atoms with Crippen LogP contribution in [0.5, 0.6) is 0 Å². The molecule has 3 aliphatic heterocycles. The van der Waals surface area contributed by atoms with Crippen LogP contribution in [0.4, 0.5) is 11.4 Å². The molecule has 3 amide bonds. The number of aliphatic hydroxyl groups is 1. The summed E-state index contributed by atoms with van der Waals surface area (Å²) >= 11 is 1.66. The van der Waals surface area contributed by atoms with Gasteiger partial charge in [0.05, 0.1) is 16.6 Å². The number of carbonyl (C=O) groups excluding carboxylic acids is 3. The standard InChI is InChI=1S/C34H41N3O4S/c1-6-18-35(25-12-9-8-10-13-25)30(39)27-28-31(40)37(20-11-21-38)29(34(28)17-16-33(27,5)42-34)32(41)36(19-7-2)26-22-23(3)14-15-24(26)4/h6-10,12-15,22,27-29,38H,1-2,11,16-21H2,3-5H3/t27-,28-,29?,33+,34?/m0/s1. The van der Waals surface area contributed by atoms with Crippen LogP contribution < -0.4 is 9.80 Å². The van der Waals surface area contributed by atoms with Gasteiger partial charge in [-0.05, 0) is 69.4 Å². The molecule has 2 unspecified atom stereocenters. The molecule has 8 heteroatoms. The molecule has 42 heavy (non-hydrogen) atoms. The molecule has 2 bridgehead atoms. The summed E-state index contributed by atoms with van der Waals surface area (Å²) < 4.78 is -1.23. The van der Waals surface area contributed by atoms with Crippen molar-refractivity contribution >= 4 is 40.9 Å². The lowest BCUT2D eigenvalue weighted by Gasteiger charge is -2.38. The van der Waals surface area contributed by atoms with Gasteiger partial charge in [0.15, 0.2) is 0 Å². The smallest absolute Gasteiger partial charge is 0.251 e.